The van der Waals surface area contributed by atoms with Gasteiger partial charge in [-0.25, -0.2) is 0 Å². The maximum Gasteiger partial charge on any atom is 0.233 e. The lowest BCUT2D eigenvalue weighted by Gasteiger charge is -2.31. The highest BCUT2D eigenvalue weighted by Gasteiger charge is 2.37. The molecule has 1 aromatic rings. The number of nitrogens with two attached hydrogens (primary N) is 1. The second kappa shape index (κ2) is 7.03. The first-order chi connectivity index (χ1) is 10.0. The monoisotopic (exact) mass is 304 g/mol. The molecule has 1 amide bonds. The molecule has 1 aliphatic rings. The number of hydrogen-bond donors (Lipinski definition) is 1. The Morgan fingerprint density at radius 3 is 2.62 bits per heavy atom. The van der Waals surface area contributed by atoms with E-state index in [9.17, 15) is 4.79 Å². The van der Waals surface area contributed by atoms with Gasteiger partial charge in [-0.15, -0.1) is 0 Å². The summed E-state index contributed by atoms with van der Waals surface area (Å²) in [5.74, 6) is -0.291. The van der Waals surface area contributed by atoms with Crippen molar-refractivity contribution in [2.45, 2.75) is 51.6 Å². The van der Waals surface area contributed by atoms with Gasteiger partial charge in [-0.3, -0.25) is 4.79 Å². The SMILES string of the molecule is CCC1CCC(C)N1C(=O)C(Cc1ccccc1)C(N)=S. The normalized spacial score (nSPS) is 23.0. The van der Waals surface area contributed by atoms with Gasteiger partial charge in [0.2, 0.25) is 5.91 Å². The molecule has 0 bridgehead atoms. The molecule has 114 valence electrons. The minimum Gasteiger partial charge on any atom is -0.393 e. The highest BCUT2D eigenvalue weighted by Crippen LogP contribution is 2.28. The molecule has 1 aromatic carbocycles. The fourth-order valence-corrected chi connectivity index (χ4v) is 3.39. The van der Waals surface area contributed by atoms with E-state index in [0.717, 1.165) is 24.8 Å². The molecule has 0 saturated carbocycles. The number of carbonyl (C=O) groups excluding carboxylic acids is 1. The predicted molar refractivity (Wildman–Crippen MR) is 90.0 cm³/mol. The number of rotatable bonds is 5. The van der Waals surface area contributed by atoms with Gasteiger partial charge in [-0.2, -0.15) is 0 Å². The molecule has 1 heterocycles. The van der Waals surface area contributed by atoms with E-state index in [2.05, 4.69) is 13.8 Å². The summed E-state index contributed by atoms with van der Waals surface area (Å²) in [5.41, 5.74) is 6.97. The Hall–Kier alpha value is -1.42. The molecule has 1 aliphatic heterocycles. The molecule has 4 heteroatoms. The molecule has 1 fully saturated rings. The van der Waals surface area contributed by atoms with Gasteiger partial charge < -0.3 is 10.6 Å². The maximum absolute atomic E-state index is 12.9. The maximum atomic E-state index is 12.9. The summed E-state index contributed by atoms with van der Waals surface area (Å²) in [6.07, 6.45) is 3.73. The Bertz CT molecular complexity index is 503. The molecule has 1 saturated heterocycles. The molecule has 3 atom stereocenters. The molecular formula is C17H24N2OS. The molecular weight excluding hydrogens is 280 g/mol. The van der Waals surface area contributed by atoms with E-state index in [4.69, 9.17) is 18.0 Å². The average molecular weight is 304 g/mol. The number of benzene rings is 1. The van der Waals surface area contributed by atoms with Crippen molar-refractivity contribution in [3.8, 4) is 0 Å². The second-order valence-electron chi connectivity index (χ2n) is 5.88. The molecule has 0 radical (unpaired) electrons. The van der Waals surface area contributed by atoms with Crippen molar-refractivity contribution in [3.63, 3.8) is 0 Å². The summed E-state index contributed by atoms with van der Waals surface area (Å²) < 4.78 is 0. The summed E-state index contributed by atoms with van der Waals surface area (Å²) in [4.78, 5) is 15.3. The largest absolute Gasteiger partial charge is 0.393 e. The summed E-state index contributed by atoms with van der Waals surface area (Å²) >= 11 is 5.17. The molecule has 0 aliphatic carbocycles. The van der Waals surface area contributed by atoms with Crippen LogP contribution < -0.4 is 5.73 Å². The second-order valence-corrected chi connectivity index (χ2v) is 6.35. The van der Waals surface area contributed by atoms with Crippen LogP contribution in [0.4, 0.5) is 0 Å². The first-order valence-electron chi connectivity index (χ1n) is 7.70. The van der Waals surface area contributed by atoms with Crippen molar-refractivity contribution in [1.29, 1.82) is 0 Å². The van der Waals surface area contributed by atoms with Crippen LogP contribution in [0.25, 0.3) is 0 Å². The van der Waals surface area contributed by atoms with E-state index in [1.54, 1.807) is 0 Å². The summed E-state index contributed by atoms with van der Waals surface area (Å²) in [6.45, 7) is 4.25. The summed E-state index contributed by atoms with van der Waals surface area (Å²) in [6, 6.07) is 10.6. The Labute approximate surface area is 132 Å². The van der Waals surface area contributed by atoms with Gasteiger partial charge in [0.25, 0.3) is 0 Å². The lowest BCUT2D eigenvalue weighted by molar-refractivity contribution is -0.136. The fourth-order valence-electron chi connectivity index (χ4n) is 3.21. The third kappa shape index (κ3) is 3.62. The standard InChI is InChI=1S/C17H24N2OS/c1-3-14-10-9-12(2)19(14)17(20)15(16(18)21)11-13-7-5-4-6-8-13/h4-8,12,14-15H,3,9-11H2,1-2H3,(H2,18,21). The summed E-state index contributed by atoms with van der Waals surface area (Å²) in [5, 5.41) is 0. The zero-order valence-corrected chi connectivity index (χ0v) is 13.6. The van der Waals surface area contributed by atoms with Crippen LogP contribution in [0, 0.1) is 5.92 Å². The Kier molecular flexibility index (Phi) is 5.34. The zero-order valence-electron chi connectivity index (χ0n) is 12.8. The van der Waals surface area contributed by atoms with Crippen molar-refractivity contribution >= 4 is 23.1 Å². The Balaban J connectivity index is 2.18. The molecule has 2 N–H and O–H groups in total. The van der Waals surface area contributed by atoms with Gasteiger partial charge in [0.15, 0.2) is 0 Å². The lowest BCUT2D eigenvalue weighted by Crippen LogP contribution is -2.47. The number of amides is 1. The topological polar surface area (TPSA) is 46.3 Å². The first-order valence-corrected chi connectivity index (χ1v) is 8.10. The van der Waals surface area contributed by atoms with E-state index < -0.39 is 5.92 Å². The summed E-state index contributed by atoms with van der Waals surface area (Å²) in [7, 11) is 0. The number of carbonyl (C=O) groups is 1. The van der Waals surface area contributed by atoms with E-state index in [0.29, 0.717) is 17.5 Å². The predicted octanol–water partition coefficient (Wildman–Crippen LogP) is 2.92. The highest BCUT2D eigenvalue weighted by molar-refractivity contribution is 7.80. The van der Waals surface area contributed by atoms with Gasteiger partial charge in [-0.1, -0.05) is 49.5 Å². The number of likely N-dealkylation sites (tertiary alicyclic amines) is 1. The van der Waals surface area contributed by atoms with Crippen molar-refractivity contribution < 1.29 is 4.79 Å². The smallest absolute Gasteiger partial charge is 0.233 e. The van der Waals surface area contributed by atoms with E-state index in [1.165, 1.54) is 0 Å². The Morgan fingerprint density at radius 2 is 2.05 bits per heavy atom. The molecule has 3 unspecified atom stereocenters. The van der Waals surface area contributed by atoms with Gasteiger partial charge in [0, 0.05) is 12.1 Å². The van der Waals surface area contributed by atoms with Gasteiger partial charge in [0.05, 0.1) is 10.9 Å². The van der Waals surface area contributed by atoms with Crippen LogP contribution in [0.15, 0.2) is 30.3 Å². The van der Waals surface area contributed by atoms with E-state index in [1.807, 2.05) is 35.2 Å². The minimum atomic E-state index is -0.392. The van der Waals surface area contributed by atoms with Crippen LogP contribution in [0.2, 0.25) is 0 Å². The van der Waals surface area contributed by atoms with E-state index >= 15 is 0 Å². The quantitative estimate of drug-likeness (QED) is 0.851. The van der Waals surface area contributed by atoms with Crippen LogP contribution in [0.5, 0.6) is 0 Å². The molecule has 21 heavy (non-hydrogen) atoms. The zero-order chi connectivity index (χ0) is 15.4. The lowest BCUT2D eigenvalue weighted by atomic mass is 9.97. The van der Waals surface area contributed by atoms with Crippen molar-refractivity contribution in [2.24, 2.45) is 11.7 Å². The fraction of sp³-hybridized carbons (Fsp3) is 0.529. The highest BCUT2D eigenvalue weighted by atomic mass is 32.1. The molecule has 3 nitrogen and oxygen atoms in total. The van der Waals surface area contributed by atoms with Crippen molar-refractivity contribution in [1.82, 2.24) is 4.90 Å². The Morgan fingerprint density at radius 1 is 1.38 bits per heavy atom. The van der Waals surface area contributed by atoms with Crippen LogP contribution in [-0.4, -0.2) is 27.9 Å². The van der Waals surface area contributed by atoms with Crippen LogP contribution in [0.1, 0.15) is 38.7 Å². The third-order valence-corrected chi connectivity index (χ3v) is 4.72. The van der Waals surface area contributed by atoms with E-state index in [-0.39, 0.29) is 11.9 Å². The van der Waals surface area contributed by atoms with Crippen LogP contribution >= 0.6 is 12.2 Å². The van der Waals surface area contributed by atoms with Gasteiger partial charge in [-0.05, 0) is 38.2 Å². The average Bonchev–Trinajstić information content (AvgIpc) is 2.86. The third-order valence-electron chi connectivity index (χ3n) is 4.44. The molecule has 0 spiro atoms. The van der Waals surface area contributed by atoms with Crippen LogP contribution in [-0.2, 0) is 11.2 Å². The van der Waals surface area contributed by atoms with Crippen molar-refractivity contribution in [3.05, 3.63) is 35.9 Å². The molecule has 0 aromatic heterocycles. The number of thiocarbonyl (C=S) groups is 1. The minimum absolute atomic E-state index is 0.100. The van der Waals surface area contributed by atoms with Crippen LogP contribution in [0.3, 0.4) is 0 Å². The number of nitrogens with zero attached hydrogens (tertiary/aromatic N) is 1. The van der Waals surface area contributed by atoms with Gasteiger partial charge in [0.1, 0.15) is 0 Å². The van der Waals surface area contributed by atoms with Gasteiger partial charge >= 0.3 is 0 Å². The first kappa shape index (κ1) is 16.0. The van der Waals surface area contributed by atoms with Crippen molar-refractivity contribution in [2.75, 3.05) is 0 Å². The number of hydrogen-bond acceptors (Lipinski definition) is 2. The molecule has 2 rings (SSSR count).